The first-order valence-electron chi connectivity index (χ1n) is 15.4. The number of cyclic esters (lactones) is 1. The summed E-state index contributed by atoms with van der Waals surface area (Å²) in [5, 5.41) is 12.3. The summed E-state index contributed by atoms with van der Waals surface area (Å²) in [7, 11) is 0. The molecule has 3 aromatic rings. The Hall–Kier alpha value is -4.58. The van der Waals surface area contributed by atoms with Gasteiger partial charge in [0.2, 0.25) is 11.8 Å². The molecule has 2 aliphatic rings. The number of hydrogen-bond donors (Lipinski definition) is 3. The van der Waals surface area contributed by atoms with Gasteiger partial charge in [-0.2, -0.15) is 5.10 Å². The van der Waals surface area contributed by atoms with Crippen molar-refractivity contribution in [2.24, 2.45) is 11.3 Å². The van der Waals surface area contributed by atoms with Gasteiger partial charge in [-0.25, -0.2) is 10.4 Å². The zero-order chi connectivity index (χ0) is 32.3. The number of carbonyl (C=O) groups is 4. The van der Waals surface area contributed by atoms with Crippen molar-refractivity contribution >= 4 is 40.7 Å². The van der Waals surface area contributed by atoms with Gasteiger partial charge >= 0.3 is 5.97 Å². The molecule has 12 nitrogen and oxygen atoms in total. The Morgan fingerprint density at radius 1 is 1.09 bits per heavy atom. The highest BCUT2D eigenvalue weighted by Crippen LogP contribution is 2.25. The summed E-state index contributed by atoms with van der Waals surface area (Å²) in [6.07, 6.45) is 7.32. The zero-order valence-electron chi connectivity index (χ0n) is 26.3. The molecule has 4 heterocycles. The average Bonchev–Trinajstić information content (AvgIpc) is 3.54. The van der Waals surface area contributed by atoms with Crippen molar-refractivity contribution in [2.75, 3.05) is 6.54 Å². The summed E-state index contributed by atoms with van der Waals surface area (Å²) < 4.78 is 7.37. The van der Waals surface area contributed by atoms with Crippen LogP contribution in [0.1, 0.15) is 64.8 Å². The minimum Gasteiger partial charge on any atom is -0.455 e. The quantitative estimate of drug-likeness (QED) is 0.381. The molecule has 0 saturated carbocycles. The Kier molecular flexibility index (Phi) is 9.33. The number of ether oxygens (including phenoxy) is 1. The van der Waals surface area contributed by atoms with Crippen molar-refractivity contribution < 1.29 is 23.9 Å². The molecule has 4 atom stereocenters. The fourth-order valence-corrected chi connectivity index (χ4v) is 5.38. The number of esters is 1. The maximum Gasteiger partial charge on any atom is 0.325 e. The van der Waals surface area contributed by atoms with Crippen LogP contribution in [0.4, 0.5) is 0 Å². The van der Waals surface area contributed by atoms with Crippen LogP contribution in [-0.2, 0) is 30.5 Å². The number of rotatable bonds is 3. The van der Waals surface area contributed by atoms with E-state index < -0.39 is 47.4 Å². The molecule has 2 aliphatic heterocycles. The average molecular weight is 616 g/mol. The third-order valence-electron chi connectivity index (χ3n) is 8.24. The van der Waals surface area contributed by atoms with Crippen LogP contribution >= 0.6 is 0 Å². The molecule has 238 valence electrons. The Bertz CT molecular complexity index is 1600. The number of benzene rings is 1. The Morgan fingerprint density at radius 3 is 2.60 bits per heavy atom. The van der Waals surface area contributed by atoms with E-state index in [1.807, 2.05) is 50.3 Å². The maximum absolute atomic E-state index is 13.9. The fraction of sp³-hybridized carbons (Fsp3) is 0.455. The first-order chi connectivity index (χ1) is 21.4. The molecule has 5 bridgehead atoms. The molecule has 2 aromatic heterocycles. The summed E-state index contributed by atoms with van der Waals surface area (Å²) in [6.45, 7) is 9.38. The summed E-state index contributed by atoms with van der Waals surface area (Å²) in [4.78, 5) is 59.2. The molecule has 3 N–H and O–H groups in total. The largest absolute Gasteiger partial charge is 0.455 e. The first kappa shape index (κ1) is 31.8. The number of nitrogens with one attached hydrogen (secondary N) is 3. The number of pyridine rings is 1. The number of hydrogen-bond acceptors (Lipinski definition) is 8. The van der Waals surface area contributed by atoms with E-state index >= 15 is 0 Å². The van der Waals surface area contributed by atoms with E-state index in [9.17, 15) is 19.2 Å². The van der Waals surface area contributed by atoms with Crippen LogP contribution in [0, 0.1) is 11.3 Å². The van der Waals surface area contributed by atoms with Gasteiger partial charge in [-0.15, -0.1) is 0 Å². The van der Waals surface area contributed by atoms with Gasteiger partial charge < -0.3 is 15.4 Å². The lowest BCUT2D eigenvalue weighted by Gasteiger charge is -2.36. The lowest BCUT2D eigenvalue weighted by Crippen LogP contribution is -2.62. The normalized spacial score (nSPS) is 25.5. The van der Waals surface area contributed by atoms with E-state index in [4.69, 9.17) is 9.72 Å². The molecule has 1 saturated heterocycles. The second-order valence-corrected chi connectivity index (χ2v) is 12.6. The minimum absolute atomic E-state index is 0.0571. The highest BCUT2D eigenvalue weighted by atomic mass is 16.5. The second kappa shape index (κ2) is 13.2. The van der Waals surface area contributed by atoms with E-state index in [1.165, 1.54) is 5.01 Å². The summed E-state index contributed by atoms with van der Waals surface area (Å²) >= 11 is 0. The minimum atomic E-state index is -1.03. The number of fused-ring (bicyclic) bond motifs is 4. The van der Waals surface area contributed by atoms with Crippen LogP contribution in [0.25, 0.3) is 17.0 Å². The molecule has 1 fully saturated rings. The van der Waals surface area contributed by atoms with Gasteiger partial charge in [0.15, 0.2) is 0 Å². The van der Waals surface area contributed by atoms with E-state index in [0.29, 0.717) is 25.1 Å². The summed E-state index contributed by atoms with van der Waals surface area (Å²) in [5.74, 6) is -2.03. The zero-order valence-corrected chi connectivity index (χ0v) is 26.3. The van der Waals surface area contributed by atoms with Gasteiger partial charge in [0, 0.05) is 24.3 Å². The lowest BCUT2D eigenvalue weighted by atomic mass is 9.89. The molecule has 3 amide bonds. The van der Waals surface area contributed by atoms with Crippen LogP contribution in [-0.4, -0.2) is 68.1 Å². The van der Waals surface area contributed by atoms with Crippen molar-refractivity contribution in [3.8, 4) is 0 Å². The predicted octanol–water partition coefficient (Wildman–Crippen LogP) is 2.91. The molecule has 45 heavy (non-hydrogen) atoms. The number of carbonyl (C=O) groups excluding carboxylic acids is 4. The summed E-state index contributed by atoms with van der Waals surface area (Å²) in [5.41, 5.74) is 4.21. The molecular formula is C33H41N7O5. The van der Waals surface area contributed by atoms with E-state index in [2.05, 4.69) is 21.2 Å². The topological polar surface area (TPSA) is 148 Å². The molecule has 1 unspecified atom stereocenters. The van der Waals surface area contributed by atoms with Gasteiger partial charge in [-0.05, 0) is 63.3 Å². The number of aromatic nitrogens is 3. The Labute approximate surface area is 262 Å². The van der Waals surface area contributed by atoms with Crippen LogP contribution in [0.2, 0.25) is 0 Å². The van der Waals surface area contributed by atoms with Crippen LogP contribution < -0.4 is 16.1 Å². The number of nitrogens with zero attached hydrogens (tertiary/aromatic N) is 4. The van der Waals surface area contributed by atoms with Crippen molar-refractivity contribution in [2.45, 2.75) is 78.2 Å². The fourth-order valence-electron chi connectivity index (χ4n) is 5.38. The second-order valence-electron chi connectivity index (χ2n) is 12.6. The third kappa shape index (κ3) is 7.39. The van der Waals surface area contributed by atoms with E-state index in [0.717, 1.165) is 16.5 Å². The van der Waals surface area contributed by atoms with Gasteiger partial charge in [0.25, 0.3) is 5.91 Å². The molecule has 0 radical (unpaired) electrons. The number of hydrazine groups is 1. The number of amides is 3. The monoisotopic (exact) mass is 615 g/mol. The molecule has 1 aromatic carbocycles. The van der Waals surface area contributed by atoms with Crippen LogP contribution in [0.3, 0.4) is 0 Å². The van der Waals surface area contributed by atoms with E-state index in [1.54, 1.807) is 50.0 Å². The highest BCUT2D eigenvalue weighted by Gasteiger charge is 2.37. The van der Waals surface area contributed by atoms with Crippen molar-refractivity contribution in [1.82, 2.24) is 35.8 Å². The molecule has 0 spiro atoms. The van der Waals surface area contributed by atoms with Gasteiger partial charge in [-0.1, -0.05) is 44.2 Å². The predicted molar refractivity (Wildman–Crippen MR) is 168 cm³/mol. The summed E-state index contributed by atoms with van der Waals surface area (Å²) in [6, 6.07) is 8.58. The molecule has 0 aliphatic carbocycles. The first-order valence-corrected chi connectivity index (χ1v) is 15.4. The van der Waals surface area contributed by atoms with Crippen molar-refractivity contribution in [1.29, 1.82) is 0 Å². The van der Waals surface area contributed by atoms with Crippen LogP contribution in [0.5, 0.6) is 0 Å². The Balaban J connectivity index is 1.51. The maximum atomic E-state index is 13.9. The molecule has 5 rings (SSSR count). The van der Waals surface area contributed by atoms with Crippen molar-refractivity contribution in [3.05, 3.63) is 66.1 Å². The molecular weight excluding hydrogens is 574 g/mol. The van der Waals surface area contributed by atoms with Gasteiger partial charge in [-0.3, -0.25) is 28.9 Å². The Morgan fingerprint density at radius 2 is 1.87 bits per heavy atom. The van der Waals surface area contributed by atoms with E-state index in [-0.39, 0.29) is 18.4 Å². The van der Waals surface area contributed by atoms with Gasteiger partial charge in [0.05, 0.1) is 23.2 Å². The third-order valence-corrected chi connectivity index (χ3v) is 8.24. The highest BCUT2D eigenvalue weighted by molar-refractivity contribution is 5.94. The SMILES string of the molecule is CC(C)[C@@H]1NC(=O)C(C)(C)/C=C/c2ccc3ccc(nc3c2)[C@@H](C)OC(=O)[C@@H]2CCCN(N2)C(=O)C(Cn2cccn2)NC1=O. The smallest absolute Gasteiger partial charge is 0.325 e. The standard InChI is InChI=1S/C33H41N7O5/c1-20(2)28-29(41)36-27(19-39-16-7-15-34-39)30(42)40-17-6-8-25(38-40)31(43)45-21(3)24-12-11-23-10-9-22(18-26(23)35-24)13-14-33(4,5)32(44)37-28/h7,9-16,18,20-21,25,27-28,38H,6,8,17,19H2,1-5H3,(H,36,41)(H,37,44)/b14-13+/t21-,25+,27?,28+/m1/s1. The van der Waals surface area contributed by atoms with Crippen LogP contribution in [0.15, 0.2) is 54.9 Å². The van der Waals surface area contributed by atoms with Crippen molar-refractivity contribution in [3.63, 3.8) is 0 Å². The van der Waals surface area contributed by atoms with Gasteiger partial charge in [0.1, 0.15) is 24.2 Å². The lowest BCUT2D eigenvalue weighted by molar-refractivity contribution is -0.157. The molecule has 12 heteroatoms.